The molecule has 3 aromatic rings. The molecule has 0 aliphatic carbocycles. The van der Waals surface area contributed by atoms with Crippen molar-refractivity contribution < 1.29 is 9.59 Å². The zero-order valence-corrected chi connectivity index (χ0v) is 16.5. The molecule has 1 aromatic heterocycles. The molecule has 0 saturated heterocycles. The normalized spacial score (nSPS) is 11.7. The minimum Gasteiger partial charge on any atom is -0.324 e. The quantitative estimate of drug-likeness (QED) is 0.698. The third-order valence-electron chi connectivity index (χ3n) is 4.81. The van der Waals surface area contributed by atoms with Crippen LogP contribution in [-0.4, -0.2) is 21.4 Å². The molecule has 0 bridgehead atoms. The monoisotopic (exact) mass is 376 g/mol. The molecule has 2 amide bonds. The molecular weight excluding hydrogens is 352 g/mol. The van der Waals surface area contributed by atoms with Crippen molar-refractivity contribution in [1.82, 2.24) is 9.55 Å². The first-order chi connectivity index (χ1) is 13.4. The highest BCUT2D eigenvalue weighted by molar-refractivity contribution is 6.10. The number of para-hydroxylation sites is 2. The molecule has 28 heavy (non-hydrogen) atoms. The molecule has 0 radical (unpaired) electrons. The fourth-order valence-corrected chi connectivity index (χ4v) is 3.14. The van der Waals surface area contributed by atoms with Crippen molar-refractivity contribution in [2.24, 2.45) is 0 Å². The highest BCUT2D eigenvalue weighted by atomic mass is 16.2. The second-order valence-electron chi connectivity index (χ2n) is 6.81. The highest BCUT2D eigenvalue weighted by Crippen LogP contribution is 2.23. The Morgan fingerprint density at radius 1 is 0.964 bits per heavy atom. The van der Waals surface area contributed by atoms with Crippen LogP contribution >= 0.6 is 0 Å². The Bertz CT molecular complexity index is 1000. The first-order valence-electron chi connectivity index (χ1n) is 9.15. The number of nitrogens with one attached hydrogen (secondary N) is 2. The van der Waals surface area contributed by atoms with E-state index in [9.17, 15) is 9.59 Å². The van der Waals surface area contributed by atoms with Crippen LogP contribution in [0.1, 0.15) is 40.3 Å². The van der Waals surface area contributed by atoms with Gasteiger partial charge in [-0.25, -0.2) is 4.98 Å². The minimum absolute atomic E-state index is 0.214. The van der Waals surface area contributed by atoms with Crippen molar-refractivity contribution in [2.75, 3.05) is 10.6 Å². The maximum Gasteiger partial charge on any atom is 0.257 e. The lowest BCUT2D eigenvalue weighted by atomic mass is 10.1. The second-order valence-corrected chi connectivity index (χ2v) is 6.81. The molecular formula is C22H24N4O2. The lowest BCUT2D eigenvalue weighted by Gasteiger charge is -2.17. The van der Waals surface area contributed by atoms with Gasteiger partial charge < -0.3 is 15.2 Å². The second kappa shape index (κ2) is 8.08. The number of nitrogens with zero attached hydrogens (tertiary/aromatic N) is 2. The molecule has 1 atom stereocenters. The number of carbonyl (C=O) groups is 2. The van der Waals surface area contributed by atoms with Crippen molar-refractivity contribution in [1.29, 1.82) is 0 Å². The van der Waals surface area contributed by atoms with Gasteiger partial charge in [0.1, 0.15) is 11.9 Å². The summed E-state index contributed by atoms with van der Waals surface area (Å²) in [7, 11) is 0. The van der Waals surface area contributed by atoms with Gasteiger partial charge in [0.25, 0.3) is 5.91 Å². The van der Waals surface area contributed by atoms with Crippen LogP contribution in [0.2, 0.25) is 0 Å². The number of rotatable bonds is 5. The summed E-state index contributed by atoms with van der Waals surface area (Å²) in [6.07, 6.45) is 3.42. The van der Waals surface area contributed by atoms with E-state index in [2.05, 4.69) is 15.6 Å². The number of aryl methyl sites for hydroxylation is 3. The van der Waals surface area contributed by atoms with E-state index in [1.54, 1.807) is 48.1 Å². The predicted molar refractivity (Wildman–Crippen MR) is 111 cm³/mol. The predicted octanol–water partition coefficient (Wildman–Crippen LogP) is 4.26. The number of aromatic nitrogens is 2. The van der Waals surface area contributed by atoms with Crippen molar-refractivity contribution in [2.45, 2.75) is 33.7 Å². The van der Waals surface area contributed by atoms with Crippen molar-refractivity contribution >= 4 is 23.2 Å². The van der Waals surface area contributed by atoms with Gasteiger partial charge in [-0.3, -0.25) is 9.59 Å². The average Bonchev–Trinajstić information content (AvgIpc) is 3.10. The van der Waals surface area contributed by atoms with E-state index in [4.69, 9.17) is 0 Å². The zero-order valence-electron chi connectivity index (χ0n) is 16.5. The SMILES string of the molecule is Cc1cccc(C)c1NC(=O)c1ccccc1NC(=O)[C@@H](C)n1ccnc1C. The van der Waals surface area contributed by atoms with E-state index in [0.717, 1.165) is 22.6 Å². The number of hydrogen-bond acceptors (Lipinski definition) is 3. The molecule has 144 valence electrons. The Morgan fingerprint density at radius 2 is 1.64 bits per heavy atom. The minimum atomic E-state index is -0.447. The summed E-state index contributed by atoms with van der Waals surface area (Å²) < 4.78 is 1.79. The van der Waals surface area contributed by atoms with Crippen molar-refractivity contribution in [3.05, 3.63) is 77.4 Å². The van der Waals surface area contributed by atoms with Crippen LogP contribution in [-0.2, 0) is 4.79 Å². The van der Waals surface area contributed by atoms with Crippen LogP contribution in [0.5, 0.6) is 0 Å². The van der Waals surface area contributed by atoms with Crippen molar-refractivity contribution in [3.8, 4) is 0 Å². The van der Waals surface area contributed by atoms with Gasteiger partial charge in [-0.2, -0.15) is 0 Å². The maximum atomic E-state index is 12.9. The van der Waals surface area contributed by atoms with Crippen LogP contribution in [0.15, 0.2) is 54.9 Å². The summed E-state index contributed by atoms with van der Waals surface area (Å²) >= 11 is 0. The smallest absolute Gasteiger partial charge is 0.257 e. The first-order valence-corrected chi connectivity index (χ1v) is 9.15. The van der Waals surface area contributed by atoms with Gasteiger partial charge in [0.05, 0.1) is 11.3 Å². The first kappa shape index (κ1) is 19.4. The van der Waals surface area contributed by atoms with Crippen LogP contribution < -0.4 is 10.6 Å². The van der Waals surface area contributed by atoms with Gasteiger partial charge in [-0.1, -0.05) is 30.3 Å². The number of carbonyl (C=O) groups excluding carboxylic acids is 2. The number of anilines is 2. The summed E-state index contributed by atoms with van der Waals surface area (Å²) in [6, 6.07) is 12.4. The van der Waals surface area contributed by atoms with E-state index in [1.165, 1.54) is 0 Å². The summed E-state index contributed by atoms with van der Waals surface area (Å²) in [5.74, 6) is 0.275. The van der Waals surface area contributed by atoms with Gasteiger partial charge in [0.15, 0.2) is 0 Å². The Kier molecular flexibility index (Phi) is 5.59. The Balaban J connectivity index is 1.82. The molecule has 0 aliphatic heterocycles. The van der Waals surface area contributed by atoms with Crippen molar-refractivity contribution in [3.63, 3.8) is 0 Å². The molecule has 0 unspecified atom stereocenters. The van der Waals surface area contributed by atoms with E-state index in [1.807, 2.05) is 39.0 Å². The average molecular weight is 376 g/mol. The molecule has 0 fully saturated rings. The third-order valence-corrected chi connectivity index (χ3v) is 4.81. The topological polar surface area (TPSA) is 76.0 Å². The number of benzene rings is 2. The number of amides is 2. The summed E-state index contributed by atoms with van der Waals surface area (Å²) in [4.78, 5) is 29.8. The lowest BCUT2D eigenvalue weighted by Crippen LogP contribution is -2.25. The molecule has 1 heterocycles. The Labute approximate surface area is 164 Å². The lowest BCUT2D eigenvalue weighted by molar-refractivity contribution is -0.118. The van der Waals surface area contributed by atoms with Gasteiger partial charge in [0.2, 0.25) is 5.91 Å². The van der Waals surface area contributed by atoms with Crippen LogP contribution in [0.4, 0.5) is 11.4 Å². The Morgan fingerprint density at radius 3 is 2.29 bits per heavy atom. The van der Waals surface area contributed by atoms with E-state index in [0.29, 0.717) is 11.3 Å². The number of imidazole rings is 1. The summed E-state index contributed by atoms with van der Waals surface area (Å²) in [5.41, 5.74) is 3.64. The van der Waals surface area contributed by atoms with E-state index in [-0.39, 0.29) is 11.8 Å². The van der Waals surface area contributed by atoms with Crippen LogP contribution in [0.3, 0.4) is 0 Å². The maximum absolute atomic E-state index is 12.9. The van der Waals surface area contributed by atoms with E-state index < -0.39 is 6.04 Å². The molecule has 2 aromatic carbocycles. The molecule has 0 aliphatic rings. The largest absolute Gasteiger partial charge is 0.324 e. The molecule has 0 saturated carbocycles. The standard InChI is InChI=1S/C22H24N4O2/c1-14-8-7-9-15(2)20(14)25-22(28)18-10-5-6-11-19(18)24-21(27)16(3)26-13-12-23-17(26)4/h5-13,16H,1-4H3,(H,24,27)(H,25,28)/t16-/m1/s1. The third kappa shape index (κ3) is 3.96. The fourth-order valence-electron chi connectivity index (χ4n) is 3.14. The Hall–Kier alpha value is -3.41. The number of hydrogen-bond donors (Lipinski definition) is 2. The molecule has 3 rings (SSSR count). The van der Waals surface area contributed by atoms with Crippen LogP contribution in [0.25, 0.3) is 0 Å². The zero-order chi connectivity index (χ0) is 20.3. The van der Waals surface area contributed by atoms with Gasteiger partial charge in [-0.05, 0) is 51.0 Å². The van der Waals surface area contributed by atoms with Gasteiger partial charge >= 0.3 is 0 Å². The fraction of sp³-hybridized carbons (Fsp3) is 0.227. The molecule has 6 heteroatoms. The van der Waals surface area contributed by atoms with Gasteiger partial charge in [0, 0.05) is 18.1 Å². The summed E-state index contributed by atoms with van der Waals surface area (Å²) in [6.45, 7) is 7.54. The molecule has 2 N–H and O–H groups in total. The van der Waals surface area contributed by atoms with Gasteiger partial charge in [-0.15, -0.1) is 0 Å². The highest BCUT2D eigenvalue weighted by Gasteiger charge is 2.19. The van der Waals surface area contributed by atoms with Crippen LogP contribution in [0, 0.1) is 20.8 Å². The summed E-state index contributed by atoms with van der Waals surface area (Å²) in [5, 5.41) is 5.84. The molecule has 6 nitrogen and oxygen atoms in total. The van der Waals surface area contributed by atoms with E-state index >= 15 is 0 Å². The molecule has 0 spiro atoms.